The Morgan fingerprint density at radius 3 is 2.38 bits per heavy atom. The van der Waals surface area contributed by atoms with Crippen LogP contribution in [0.1, 0.15) is 6.92 Å². The maximum Gasteiger partial charge on any atom is 0.250 e. The van der Waals surface area contributed by atoms with Crippen molar-refractivity contribution < 1.29 is 4.79 Å². The van der Waals surface area contributed by atoms with Gasteiger partial charge in [0, 0.05) is 15.7 Å². The Balaban J connectivity index is 2.70. The highest BCUT2D eigenvalue weighted by molar-refractivity contribution is 9.10. The van der Waals surface area contributed by atoms with Gasteiger partial charge in [0.25, 0.3) is 5.91 Å². The summed E-state index contributed by atoms with van der Waals surface area (Å²) in [5.41, 5.74) is 1.28. The number of nitrogens with one attached hydrogen (secondary N) is 1. The maximum atomic E-state index is 11.2. The fourth-order valence-electron chi connectivity index (χ4n) is 0.771. The molecule has 0 aliphatic carbocycles. The number of carbonyl (C=O) groups is 1. The van der Waals surface area contributed by atoms with Crippen LogP contribution >= 0.6 is 15.9 Å². The topological polar surface area (TPSA) is 29.1 Å². The summed E-state index contributed by atoms with van der Waals surface area (Å²) in [6, 6.07) is 7.39. The normalized spacial score (nSPS) is 9.38. The monoisotopic (exact) mass is 239 g/mol. The average Bonchev–Trinajstić information content (AvgIpc) is 2.08. The summed E-state index contributed by atoms with van der Waals surface area (Å²) in [6.07, 6.45) is 0. The summed E-state index contributed by atoms with van der Waals surface area (Å²) in [5, 5.41) is 2.71. The number of hydrogen-bond acceptors (Lipinski definition) is 1. The van der Waals surface area contributed by atoms with Crippen molar-refractivity contribution in [3.63, 3.8) is 0 Å². The van der Waals surface area contributed by atoms with Gasteiger partial charge in [0.2, 0.25) is 0 Å². The zero-order valence-corrected chi connectivity index (χ0v) is 8.89. The second-order valence-corrected chi connectivity index (χ2v) is 3.66. The molecular formula is C10H10BrNO. The van der Waals surface area contributed by atoms with E-state index in [1.54, 1.807) is 6.92 Å². The zero-order chi connectivity index (χ0) is 9.84. The van der Waals surface area contributed by atoms with Crippen LogP contribution in [0.3, 0.4) is 0 Å². The molecule has 0 aromatic heterocycles. The number of hydrogen-bond donors (Lipinski definition) is 1. The Morgan fingerprint density at radius 2 is 1.92 bits per heavy atom. The third kappa shape index (κ3) is 3.03. The molecule has 0 unspecified atom stereocenters. The SMILES string of the molecule is C=C(C)C(=O)Nc1ccc(Br)cc1. The number of anilines is 1. The highest BCUT2D eigenvalue weighted by Gasteiger charge is 2.01. The van der Waals surface area contributed by atoms with Gasteiger partial charge in [-0.1, -0.05) is 22.5 Å². The van der Waals surface area contributed by atoms with Gasteiger partial charge in [-0.15, -0.1) is 0 Å². The van der Waals surface area contributed by atoms with E-state index in [1.807, 2.05) is 24.3 Å². The molecule has 13 heavy (non-hydrogen) atoms. The Labute approximate surface area is 85.8 Å². The quantitative estimate of drug-likeness (QED) is 0.791. The first-order valence-corrected chi connectivity index (χ1v) is 4.61. The fraction of sp³-hybridized carbons (Fsp3) is 0.100. The van der Waals surface area contributed by atoms with Gasteiger partial charge in [-0.2, -0.15) is 0 Å². The van der Waals surface area contributed by atoms with Gasteiger partial charge >= 0.3 is 0 Å². The summed E-state index contributed by atoms with van der Waals surface area (Å²) in [4.78, 5) is 11.2. The molecule has 0 bridgehead atoms. The number of benzene rings is 1. The molecule has 0 radical (unpaired) electrons. The molecule has 0 atom stereocenters. The molecule has 0 spiro atoms. The minimum Gasteiger partial charge on any atom is -0.322 e. The molecule has 68 valence electrons. The molecule has 3 heteroatoms. The van der Waals surface area contributed by atoms with Crippen LogP contribution in [-0.2, 0) is 4.79 Å². The van der Waals surface area contributed by atoms with E-state index in [0.29, 0.717) is 5.57 Å². The second-order valence-electron chi connectivity index (χ2n) is 2.74. The summed E-state index contributed by atoms with van der Waals surface area (Å²) >= 11 is 3.31. The van der Waals surface area contributed by atoms with E-state index in [-0.39, 0.29) is 5.91 Å². The number of carbonyl (C=O) groups excluding carboxylic acids is 1. The molecule has 2 nitrogen and oxygen atoms in total. The molecule has 0 heterocycles. The van der Waals surface area contributed by atoms with E-state index in [9.17, 15) is 4.79 Å². The lowest BCUT2D eigenvalue weighted by Crippen LogP contribution is -2.11. The smallest absolute Gasteiger partial charge is 0.250 e. The molecular weight excluding hydrogens is 230 g/mol. The minimum atomic E-state index is -0.151. The molecule has 1 aromatic rings. The predicted octanol–water partition coefficient (Wildman–Crippen LogP) is 2.96. The van der Waals surface area contributed by atoms with E-state index in [4.69, 9.17) is 0 Å². The van der Waals surface area contributed by atoms with Crippen LogP contribution < -0.4 is 5.32 Å². The van der Waals surface area contributed by atoms with Gasteiger partial charge in [-0.05, 0) is 31.2 Å². The van der Waals surface area contributed by atoms with Crippen molar-refractivity contribution >= 4 is 27.5 Å². The minimum absolute atomic E-state index is 0.151. The molecule has 0 saturated heterocycles. The molecule has 1 rings (SSSR count). The van der Waals surface area contributed by atoms with E-state index in [1.165, 1.54) is 0 Å². The maximum absolute atomic E-state index is 11.2. The largest absolute Gasteiger partial charge is 0.322 e. The van der Waals surface area contributed by atoms with Crippen LogP contribution in [0.25, 0.3) is 0 Å². The van der Waals surface area contributed by atoms with Crippen molar-refractivity contribution in [2.24, 2.45) is 0 Å². The van der Waals surface area contributed by atoms with Gasteiger partial charge in [-0.25, -0.2) is 0 Å². The highest BCUT2D eigenvalue weighted by Crippen LogP contribution is 2.14. The van der Waals surface area contributed by atoms with Crippen LogP contribution in [0.4, 0.5) is 5.69 Å². The summed E-state index contributed by atoms with van der Waals surface area (Å²) in [5.74, 6) is -0.151. The second kappa shape index (κ2) is 4.23. The summed E-state index contributed by atoms with van der Waals surface area (Å²) in [7, 11) is 0. The average molecular weight is 240 g/mol. The van der Waals surface area contributed by atoms with Gasteiger partial charge < -0.3 is 5.32 Å². The predicted molar refractivity (Wildman–Crippen MR) is 57.6 cm³/mol. The molecule has 0 fully saturated rings. The van der Waals surface area contributed by atoms with Gasteiger partial charge in [0.1, 0.15) is 0 Å². The van der Waals surface area contributed by atoms with Crippen LogP contribution in [0.2, 0.25) is 0 Å². The van der Waals surface area contributed by atoms with E-state index < -0.39 is 0 Å². The lowest BCUT2D eigenvalue weighted by Gasteiger charge is -2.03. The standard InChI is InChI=1S/C10H10BrNO/c1-7(2)10(13)12-9-5-3-8(11)4-6-9/h3-6H,1H2,2H3,(H,12,13). The lowest BCUT2D eigenvalue weighted by molar-refractivity contribution is -0.112. The first kappa shape index (κ1) is 9.99. The zero-order valence-electron chi connectivity index (χ0n) is 7.30. The van der Waals surface area contributed by atoms with Crippen molar-refractivity contribution in [1.82, 2.24) is 0 Å². The van der Waals surface area contributed by atoms with E-state index >= 15 is 0 Å². The molecule has 0 saturated carbocycles. The molecule has 0 aliphatic heterocycles. The van der Waals surface area contributed by atoms with Crippen LogP contribution in [0, 0.1) is 0 Å². The first-order valence-electron chi connectivity index (χ1n) is 3.82. The fourth-order valence-corrected chi connectivity index (χ4v) is 1.04. The van der Waals surface area contributed by atoms with E-state index in [2.05, 4.69) is 27.8 Å². The molecule has 1 N–H and O–H groups in total. The Kier molecular flexibility index (Phi) is 3.25. The van der Waals surface area contributed by atoms with Crippen LogP contribution in [0.5, 0.6) is 0 Å². The van der Waals surface area contributed by atoms with Crippen molar-refractivity contribution in [3.05, 3.63) is 40.9 Å². The molecule has 1 aromatic carbocycles. The first-order chi connectivity index (χ1) is 6.09. The third-order valence-electron chi connectivity index (χ3n) is 1.49. The number of amides is 1. The summed E-state index contributed by atoms with van der Waals surface area (Å²) in [6.45, 7) is 5.22. The van der Waals surface area contributed by atoms with Gasteiger partial charge in [0.15, 0.2) is 0 Å². The summed E-state index contributed by atoms with van der Waals surface area (Å²) < 4.78 is 0.987. The van der Waals surface area contributed by atoms with Crippen molar-refractivity contribution in [2.75, 3.05) is 5.32 Å². The Bertz CT molecular complexity index is 329. The van der Waals surface area contributed by atoms with E-state index in [0.717, 1.165) is 10.2 Å². The Morgan fingerprint density at radius 1 is 1.38 bits per heavy atom. The number of rotatable bonds is 2. The molecule has 1 amide bonds. The van der Waals surface area contributed by atoms with Crippen LogP contribution in [-0.4, -0.2) is 5.91 Å². The van der Waals surface area contributed by atoms with Gasteiger partial charge in [0.05, 0.1) is 0 Å². The Hall–Kier alpha value is -1.09. The lowest BCUT2D eigenvalue weighted by atomic mass is 10.3. The van der Waals surface area contributed by atoms with Crippen LogP contribution in [0.15, 0.2) is 40.9 Å². The van der Waals surface area contributed by atoms with Crippen molar-refractivity contribution in [1.29, 1.82) is 0 Å². The number of halogens is 1. The highest BCUT2D eigenvalue weighted by atomic mass is 79.9. The molecule has 0 aliphatic rings. The van der Waals surface area contributed by atoms with Crippen molar-refractivity contribution in [3.8, 4) is 0 Å². The van der Waals surface area contributed by atoms with Crippen molar-refractivity contribution in [2.45, 2.75) is 6.92 Å². The van der Waals surface area contributed by atoms with Gasteiger partial charge in [-0.3, -0.25) is 4.79 Å². The third-order valence-corrected chi connectivity index (χ3v) is 2.02.